The van der Waals surface area contributed by atoms with Crippen molar-refractivity contribution in [2.45, 2.75) is 12.3 Å². The summed E-state index contributed by atoms with van der Waals surface area (Å²) in [6, 6.07) is 6.13. The van der Waals surface area contributed by atoms with E-state index in [0.29, 0.717) is 28.3 Å². The molecule has 0 N–H and O–H groups in total. The lowest BCUT2D eigenvalue weighted by atomic mass is 9.99. The molecule has 0 aliphatic rings. The van der Waals surface area contributed by atoms with E-state index in [1.165, 1.54) is 0 Å². The molecule has 2 aromatic rings. The first-order chi connectivity index (χ1) is 8.91. The summed E-state index contributed by atoms with van der Waals surface area (Å²) in [6.45, 7) is 1.70. The van der Waals surface area contributed by atoms with Gasteiger partial charge in [0.25, 0.3) is 0 Å². The molecule has 0 bridgehead atoms. The van der Waals surface area contributed by atoms with Crippen molar-refractivity contribution in [3.63, 3.8) is 0 Å². The first kappa shape index (κ1) is 14.2. The normalized spacial score (nSPS) is 12.5. The Bertz CT molecular complexity index is 603. The van der Waals surface area contributed by atoms with Gasteiger partial charge in [0.1, 0.15) is 17.5 Å². The number of benzene rings is 2. The van der Waals surface area contributed by atoms with Gasteiger partial charge in [0.2, 0.25) is 0 Å². The summed E-state index contributed by atoms with van der Waals surface area (Å²) in [7, 11) is 0. The van der Waals surface area contributed by atoms with Crippen LogP contribution in [-0.4, -0.2) is 0 Å². The molecule has 2 rings (SSSR count). The van der Waals surface area contributed by atoms with E-state index in [4.69, 9.17) is 23.2 Å². The number of hydrogen-bond acceptors (Lipinski definition) is 0. The van der Waals surface area contributed by atoms with Crippen LogP contribution < -0.4 is 0 Å². The predicted molar refractivity (Wildman–Crippen MR) is 70.2 cm³/mol. The molecule has 0 saturated carbocycles. The number of hydrogen-bond donors (Lipinski definition) is 0. The third kappa shape index (κ3) is 2.72. The van der Waals surface area contributed by atoms with E-state index in [-0.39, 0.29) is 5.56 Å². The molecule has 0 heterocycles. The lowest BCUT2D eigenvalue weighted by Crippen LogP contribution is -2.04. The summed E-state index contributed by atoms with van der Waals surface area (Å²) in [5.74, 6) is -3.01. The van der Waals surface area contributed by atoms with Crippen LogP contribution in [0, 0.1) is 24.4 Å². The Morgan fingerprint density at radius 2 is 1.63 bits per heavy atom. The molecule has 19 heavy (non-hydrogen) atoms. The van der Waals surface area contributed by atoms with Crippen LogP contribution in [0.4, 0.5) is 13.2 Å². The van der Waals surface area contributed by atoms with E-state index in [0.717, 1.165) is 0 Å². The van der Waals surface area contributed by atoms with E-state index in [9.17, 15) is 13.2 Å². The fourth-order valence-electron chi connectivity index (χ4n) is 1.85. The number of rotatable bonds is 2. The highest BCUT2D eigenvalue weighted by Crippen LogP contribution is 2.36. The Hall–Kier alpha value is -1.19. The Morgan fingerprint density at radius 1 is 1.05 bits per heavy atom. The summed E-state index contributed by atoms with van der Waals surface area (Å²) < 4.78 is 40.2. The minimum atomic E-state index is -1.07. The van der Waals surface area contributed by atoms with E-state index in [2.05, 4.69) is 0 Å². The summed E-state index contributed by atoms with van der Waals surface area (Å²) in [5, 5.41) is -0.620. The van der Waals surface area contributed by atoms with Gasteiger partial charge >= 0.3 is 0 Å². The maximum absolute atomic E-state index is 13.7. The molecule has 0 saturated heterocycles. The van der Waals surface area contributed by atoms with Gasteiger partial charge in [-0.05, 0) is 24.1 Å². The fraction of sp³-hybridized carbons (Fsp3) is 0.143. The zero-order chi connectivity index (χ0) is 14.2. The van der Waals surface area contributed by atoms with Gasteiger partial charge in [-0.1, -0.05) is 23.7 Å². The van der Waals surface area contributed by atoms with Gasteiger partial charge in [0.05, 0.1) is 5.38 Å². The molecule has 0 nitrogen and oxygen atoms in total. The molecular weight excluding hydrogens is 296 g/mol. The third-order valence-electron chi connectivity index (χ3n) is 2.88. The largest absolute Gasteiger partial charge is 0.207 e. The minimum Gasteiger partial charge on any atom is -0.207 e. The van der Waals surface area contributed by atoms with Crippen molar-refractivity contribution in [1.82, 2.24) is 0 Å². The third-order valence-corrected chi connectivity index (χ3v) is 3.74. The molecule has 0 radical (unpaired) electrons. The number of halogens is 5. The zero-order valence-electron chi connectivity index (χ0n) is 9.85. The van der Waals surface area contributed by atoms with Crippen molar-refractivity contribution in [3.8, 4) is 0 Å². The molecule has 0 aliphatic heterocycles. The van der Waals surface area contributed by atoms with E-state index in [1.807, 2.05) is 0 Å². The van der Waals surface area contributed by atoms with Crippen molar-refractivity contribution in [2.75, 3.05) is 0 Å². The second-order valence-electron chi connectivity index (χ2n) is 4.10. The average Bonchev–Trinajstić information content (AvgIpc) is 2.31. The molecule has 0 aromatic heterocycles. The van der Waals surface area contributed by atoms with E-state index < -0.39 is 22.8 Å². The van der Waals surface area contributed by atoms with Crippen LogP contribution in [0.25, 0.3) is 0 Å². The van der Waals surface area contributed by atoms with Gasteiger partial charge in [-0.3, -0.25) is 0 Å². The van der Waals surface area contributed by atoms with Crippen LogP contribution in [0.5, 0.6) is 0 Å². The van der Waals surface area contributed by atoms with E-state index in [1.54, 1.807) is 25.1 Å². The lowest BCUT2D eigenvalue weighted by Gasteiger charge is -2.15. The lowest BCUT2D eigenvalue weighted by molar-refractivity contribution is 0.526. The Labute approximate surface area is 118 Å². The van der Waals surface area contributed by atoms with Crippen molar-refractivity contribution >= 4 is 23.2 Å². The van der Waals surface area contributed by atoms with Gasteiger partial charge in [-0.15, -0.1) is 11.6 Å². The minimum absolute atomic E-state index is 0.381. The second-order valence-corrected chi connectivity index (χ2v) is 4.94. The Kier molecular flexibility index (Phi) is 4.07. The van der Waals surface area contributed by atoms with Crippen molar-refractivity contribution in [1.29, 1.82) is 0 Å². The van der Waals surface area contributed by atoms with Crippen LogP contribution in [0.1, 0.15) is 22.1 Å². The molecule has 0 aliphatic carbocycles. The van der Waals surface area contributed by atoms with Gasteiger partial charge in [0, 0.05) is 22.7 Å². The predicted octanol–water partition coefficient (Wildman–Crippen LogP) is 5.39. The fourth-order valence-corrected chi connectivity index (χ4v) is 2.48. The highest BCUT2D eigenvalue weighted by atomic mass is 35.5. The number of alkyl halides is 1. The van der Waals surface area contributed by atoms with Gasteiger partial charge in [-0.2, -0.15) is 0 Å². The molecular formula is C14H9Cl2F3. The molecule has 1 unspecified atom stereocenters. The maximum atomic E-state index is 13.7. The Morgan fingerprint density at radius 3 is 2.21 bits per heavy atom. The highest BCUT2D eigenvalue weighted by molar-refractivity contribution is 6.31. The molecule has 0 amide bonds. The molecule has 0 fully saturated rings. The topological polar surface area (TPSA) is 0 Å². The summed E-state index contributed by atoms with van der Waals surface area (Å²) in [4.78, 5) is 0. The molecule has 1 atom stereocenters. The second kappa shape index (κ2) is 5.43. The summed E-state index contributed by atoms with van der Waals surface area (Å²) in [5.41, 5.74) is 0.735. The monoisotopic (exact) mass is 304 g/mol. The van der Waals surface area contributed by atoms with Gasteiger partial charge in [0.15, 0.2) is 0 Å². The zero-order valence-corrected chi connectivity index (χ0v) is 11.4. The smallest absolute Gasteiger partial charge is 0.134 e. The molecule has 5 heteroatoms. The standard InChI is InChI=1S/C14H9Cl2F3/c1-7-9(3-2-4-10(7)15)14(16)13-11(18)5-8(17)6-12(13)19/h2-6,14H,1H3. The van der Waals surface area contributed by atoms with Gasteiger partial charge < -0.3 is 0 Å². The molecule has 100 valence electrons. The van der Waals surface area contributed by atoms with Crippen molar-refractivity contribution < 1.29 is 13.2 Å². The van der Waals surface area contributed by atoms with Crippen LogP contribution in [0.2, 0.25) is 5.02 Å². The Balaban J connectivity index is 2.56. The van der Waals surface area contributed by atoms with Crippen LogP contribution in [-0.2, 0) is 0 Å². The average molecular weight is 305 g/mol. The van der Waals surface area contributed by atoms with Crippen molar-refractivity contribution in [2.24, 2.45) is 0 Å². The SMILES string of the molecule is Cc1c(Cl)cccc1C(Cl)c1c(F)cc(F)cc1F. The highest BCUT2D eigenvalue weighted by Gasteiger charge is 2.22. The van der Waals surface area contributed by atoms with Crippen LogP contribution in [0.3, 0.4) is 0 Å². The van der Waals surface area contributed by atoms with Crippen LogP contribution in [0.15, 0.2) is 30.3 Å². The summed E-state index contributed by atoms with van der Waals surface area (Å²) in [6.07, 6.45) is 0. The van der Waals surface area contributed by atoms with Crippen molar-refractivity contribution in [3.05, 3.63) is 69.5 Å². The molecule has 0 spiro atoms. The first-order valence-corrected chi connectivity index (χ1v) is 6.26. The van der Waals surface area contributed by atoms with Gasteiger partial charge in [-0.25, -0.2) is 13.2 Å². The quantitative estimate of drug-likeness (QED) is 0.652. The first-order valence-electron chi connectivity index (χ1n) is 5.45. The van der Waals surface area contributed by atoms with Crippen LogP contribution >= 0.6 is 23.2 Å². The maximum Gasteiger partial charge on any atom is 0.134 e. The molecule has 2 aromatic carbocycles. The van der Waals surface area contributed by atoms with E-state index >= 15 is 0 Å². The summed E-state index contributed by atoms with van der Waals surface area (Å²) >= 11 is 12.1.